The Morgan fingerprint density at radius 3 is 2.26 bits per heavy atom. The first-order valence-corrected chi connectivity index (χ1v) is 7.96. The summed E-state index contributed by atoms with van der Waals surface area (Å²) in [6.45, 7) is 7.76. The summed E-state index contributed by atoms with van der Waals surface area (Å²) in [6, 6.07) is 0. The van der Waals surface area contributed by atoms with Gasteiger partial charge in [-0.3, -0.25) is 0 Å². The Balaban J connectivity index is 2.09. The van der Waals surface area contributed by atoms with Crippen molar-refractivity contribution in [3.05, 3.63) is 12.2 Å². The van der Waals surface area contributed by atoms with Gasteiger partial charge in [-0.1, -0.05) is 32.8 Å². The Morgan fingerprint density at radius 2 is 1.79 bits per heavy atom. The zero-order chi connectivity index (χ0) is 13.9. The van der Waals surface area contributed by atoms with E-state index in [0.717, 1.165) is 18.8 Å². The standard InChI is InChI=1S/C17H28O2/c1-4-14-9-11-17(12-10-14,15-7-5-6-8-15)19-16(18)13(2)3/h14-15H,2,4-12H2,1,3H3. The van der Waals surface area contributed by atoms with E-state index in [1.807, 2.05) is 0 Å². The minimum absolute atomic E-state index is 0.168. The summed E-state index contributed by atoms with van der Waals surface area (Å²) in [4.78, 5) is 12.0. The van der Waals surface area contributed by atoms with E-state index >= 15 is 0 Å². The Morgan fingerprint density at radius 1 is 1.21 bits per heavy atom. The highest BCUT2D eigenvalue weighted by Crippen LogP contribution is 2.47. The van der Waals surface area contributed by atoms with Crippen LogP contribution in [-0.2, 0) is 9.53 Å². The van der Waals surface area contributed by atoms with Crippen molar-refractivity contribution in [3.8, 4) is 0 Å². The van der Waals surface area contributed by atoms with Gasteiger partial charge in [-0.15, -0.1) is 0 Å². The molecular weight excluding hydrogens is 236 g/mol. The van der Waals surface area contributed by atoms with Crippen molar-refractivity contribution in [2.24, 2.45) is 11.8 Å². The lowest BCUT2D eigenvalue weighted by molar-refractivity contribution is -0.167. The van der Waals surface area contributed by atoms with E-state index in [9.17, 15) is 4.79 Å². The third kappa shape index (κ3) is 3.21. The molecule has 0 aromatic rings. The lowest BCUT2D eigenvalue weighted by Crippen LogP contribution is -2.45. The molecule has 2 saturated carbocycles. The third-order valence-electron chi connectivity index (χ3n) is 5.27. The Kier molecular flexibility index (Phi) is 4.70. The van der Waals surface area contributed by atoms with Crippen LogP contribution in [0.25, 0.3) is 0 Å². The van der Waals surface area contributed by atoms with Crippen LogP contribution in [-0.4, -0.2) is 11.6 Å². The van der Waals surface area contributed by atoms with Crippen molar-refractivity contribution >= 4 is 5.97 Å². The van der Waals surface area contributed by atoms with E-state index in [2.05, 4.69) is 13.5 Å². The first kappa shape index (κ1) is 14.6. The molecular formula is C17H28O2. The molecule has 0 amide bonds. The van der Waals surface area contributed by atoms with Crippen molar-refractivity contribution in [1.29, 1.82) is 0 Å². The first-order valence-electron chi connectivity index (χ1n) is 7.96. The van der Waals surface area contributed by atoms with Gasteiger partial charge >= 0.3 is 5.97 Å². The average Bonchev–Trinajstić information content (AvgIpc) is 2.94. The maximum atomic E-state index is 12.0. The number of carbonyl (C=O) groups is 1. The van der Waals surface area contributed by atoms with Gasteiger partial charge < -0.3 is 4.74 Å². The fourth-order valence-electron chi connectivity index (χ4n) is 3.89. The summed E-state index contributed by atoms with van der Waals surface area (Å²) < 4.78 is 5.98. The van der Waals surface area contributed by atoms with Gasteiger partial charge in [-0.25, -0.2) is 4.79 Å². The molecule has 2 rings (SSSR count). The average molecular weight is 264 g/mol. The highest BCUT2D eigenvalue weighted by atomic mass is 16.6. The van der Waals surface area contributed by atoms with Crippen LogP contribution in [0.3, 0.4) is 0 Å². The molecule has 19 heavy (non-hydrogen) atoms. The van der Waals surface area contributed by atoms with E-state index in [0.29, 0.717) is 11.5 Å². The first-order chi connectivity index (χ1) is 9.07. The predicted molar refractivity (Wildman–Crippen MR) is 77.8 cm³/mol. The molecule has 0 atom stereocenters. The zero-order valence-electron chi connectivity index (χ0n) is 12.5. The number of hydrogen-bond donors (Lipinski definition) is 0. The van der Waals surface area contributed by atoms with Gasteiger partial charge in [-0.05, 0) is 57.3 Å². The number of ether oxygens (including phenoxy) is 1. The van der Waals surface area contributed by atoms with E-state index in [1.165, 1.54) is 44.9 Å². The van der Waals surface area contributed by atoms with Crippen LogP contribution < -0.4 is 0 Å². The molecule has 0 heterocycles. The number of hydrogen-bond acceptors (Lipinski definition) is 2. The predicted octanol–water partition coefficient (Wildman–Crippen LogP) is 4.63. The fourth-order valence-corrected chi connectivity index (χ4v) is 3.89. The molecule has 108 valence electrons. The molecule has 2 aliphatic rings. The molecule has 2 fully saturated rings. The number of carbonyl (C=O) groups excluding carboxylic acids is 1. The minimum Gasteiger partial charge on any atom is -0.455 e. The molecule has 0 spiro atoms. The number of esters is 1. The van der Waals surface area contributed by atoms with Gasteiger partial charge in [0.05, 0.1) is 0 Å². The number of rotatable bonds is 4. The maximum Gasteiger partial charge on any atom is 0.333 e. The third-order valence-corrected chi connectivity index (χ3v) is 5.27. The van der Waals surface area contributed by atoms with Crippen LogP contribution in [0, 0.1) is 11.8 Å². The van der Waals surface area contributed by atoms with E-state index < -0.39 is 0 Å². The van der Waals surface area contributed by atoms with E-state index in [4.69, 9.17) is 4.74 Å². The summed E-state index contributed by atoms with van der Waals surface area (Å²) in [7, 11) is 0. The van der Waals surface area contributed by atoms with Gasteiger partial charge in [0, 0.05) is 5.57 Å². The van der Waals surface area contributed by atoms with Crippen LogP contribution >= 0.6 is 0 Å². The van der Waals surface area contributed by atoms with Crippen molar-refractivity contribution in [3.63, 3.8) is 0 Å². The van der Waals surface area contributed by atoms with Crippen molar-refractivity contribution < 1.29 is 9.53 Å². The largest absolute Gasteiger partial charge is 0.455 e. The summed E-state index contributed by atoms with van der Waals surface area (Å²) in [5, 5.41) is 0. The Labute approximate surface area is 117 Å². The topological polar surface area (TPSA) is 26.3 Å². The lowest BCUT2D eigenvalue weighted by Gasteiger charge is -2.43. The zero-order valence-corrected chi connectivity index (χ0v) is 12.5. The summed E-state index contributed by atoms with van der Waals surface area (Å²) in [6.07, 6.45) is 10.9. The second-order valence-corrected chi connectivity index (χ2v) is 6.57. The van der Waals surface area contributed by atoms with Gasteiger partial charge in [0.15, 0.2) is 0 Å². The molecule has 0 aliphatic heterocycles. The van der Waals surface area contributed by atoms with Gasteiger partial charge in [-0.2, -0.15) is 0 Å². The smallest absolute Gasteiger partial charge is 0.333 e. The Bertz CT molecular complexity index is 331. The fraction of sp³-hybridized carbons (Fsp3) is 0.824. The normalized spacial score (nSPS) is 32.2. The SMILES string of the molecule is C=C(C)C(=O)OC1(C2CCCC2)CCC(CC)CC1. The van der Waals surface area contributed by atoms with Gasteiger partial charge in [0.2, 0.25) is 0 Å². The van der Waals surface area contributed by atoms with Crippen LogP contribution in [0.4, 0.5) is 0 Å². The molecule has 0 aromatic carbocycles. The molecule has 0 N–H and O–H groups in total. The van der Waals surface area contributed by atoms with E-state index in [1.54, 1.807) is 6.92 Å². The van der Waals surface area contributed by atoms with Crippen molar-refractivity contribution in [1.82, 2.24) is 0 Å². The lowest BCUT2D eigenvalue weighted by atomic mass is 9.70. The monoisotopic (exact) mass is 264 g/mol. The molecule has 0 saturated heterocycles. The van der Waals surface area contributed by atoms with Crippen LogP contribution in [0.5, 0.6) is 0 Å². The summed E-state index contributed by atoms with van der Waals surface area (Å²) >= 11 is 0. The quantitative estimate of drug-likeness (QED) is 0.546. The molecule has 0 radical (unpaired) electrons. The van der Waals surface area contributed by atoms with Crippen LogP contribution in [0.15, 0.2) is 12.2 Å². The summed E-state index contributed by atoms with van der Waals surface area (Å²) in [5.41, 5.74) is 0.369. The molecule has 2 nitrogen and oxygen atoms in total. The van der Waals surface area contributed by atoms with Gasteiger partial charge in [0.1, 0.15) is 5.60 Å². The van der Waals surface area contributed by atoms with Crippen LogP contribution in [0.1, 0.15) is 71.6 Å². The molecule has 2 aliphatic carbocycles. The highest BCUT2D eigenvalue weighted by Gasteiger charge is 2.45. The van der Waals surface area contributed by atoms with Crippen molar-refractivity contribution in [2.75, 3.05) is 0 Å². The molecule has 2 heteroatoms. The highest BCUT2D eigenvalue weighted by molar-refractivity contribution is 5.87. The molecule has 0 unspecified atom stereocenters. The second kappa shape index (κ2) is 6.11. The Hall–Kier alpha value is -0.790. The summed E-state index contributed by atoms with van der Waals surface area (Å²) in [5.74, 6) is 1.24. The van der Waals surface area contributed by atoms with Crippen LogP contribution in [0.2, 0.25) is 0 Å². The van der Waals surface area contributed by atoms with E-state index in [-0.39, 0.29) is 11.6 Å². The minimum atomic E-state index is -0.179. The maximum absolute atomic E-state index is 12.0. The molecule has 0 bridgehead atoms. The molecule has 0 aromatic heterocycles. The van der Waals surface area contributed by atoms with Gasteiger partial charge in [0.25, 0.3) is 0 Å². The van der Waals surface area contributed by atoms with Crippen molar-refractivity contribution in [2.45, 2.75) is 77.2 Å². The second-order valence-electron chi connectivity index (χ2n) is 6.57.